The van der Waals surface area contributed by atoms with Gasteiger partial charge in [-0.25, -0.2) is 4.79 Å². The Bertz CT molecular complexity index is 859. The Morgan fingerprint density at radius 2 is 2.00 bits per heavy atom. The summed E-state index contributed by atoms with van der Waals surface area (Å²) in [5.74, 6) is 0.141. The van der Waals surface area contributed by atoms with Gasteiger partial charge in [-0.1, -0.05) is 12.1 Å². The fraction of sp³-hybridized carbons (Fsp3) is 0.583. The van der Waals surface area contributed by atoms with Gasteiger partial charge in [-0.05, 0) is 83.8 Å². The van der Waals surface area contributed by atoms with Crippen LogP contribution in [0.3, 0.4) is 0 Å². The number of hydrogen-bond acceptors (Lipinski definition) is 5. The maximum atomic E-state index is 12.7. The van der Waals surface area contributed by atoms with E-state index in [-0.39, 0.29) is 29.8 Å². The lowest BCUT2D eigenvalue weighted by Crippen LogP contribution is -2.42. The zero-order valence-corrected chi connectivity index (χ0v) is 19.3. The highest BCUT2D eigenvalue weighted by molar-refractivity contribution is 5.82. The van der Waals surface area contributed by atoms with Gasteiger partial charge < -0.3 is 20.1 Å². The van der Waals surface area contributed by atoms with Gasteiger partial charge in [0.25, 0.3) is 0 Å². The number of benzene rings is 1. The molecule has 0 bridgehead atoms. The summed E-state index contributed by atoms with van der Waals surface area (Å²) < 4.78 is 5.51. The van der Waals surface area contributed by atoms with Crippen molar-refractivity contribution >= 4 is 17.6 Å². The van der Waals surface area contributed by atoms with Gasteiger partial charge in [-0.3, -0.25) is 9.69 Å². The molecule has 3 rings (SSSR count). The fourth-order valence-electron chi connectivity index (χ4n) is 4.17. The Labute approximate surface area is 185 Å². The van der Waals surface area contributed by atoms with Crippen LogP contribution in [-0.4, -0.2) is 65.2 Å². The highest BCUT2D eigenvalue weighted by Gasteiger charge is 2.29. The van der Waals surface area contributed by atoms with Crippen LogP contribution >= 0.6 is 0 Å². The minimum Gasteiger partial charge on any atom is -0.508 e. The van der Waals surface area contributed by atoms with Gasteiger partial charge in [-0.2, -0.15) is 0 Å². The second-order valence-corrected chi connectivity index (χ2v) is 9.56. The zero-order valence-electron chi connectivity index (χ0n) is 19.3. The third kappa shape index (κ3) is 5.79. The van der Waals surface area contributed by atoms with Crippen LogP contribution in [0.1, 0.15) is 64.1 Å². The van der Waals surface area contributed by atoms with Crippen LogP contribution in [0.15, 0.2) is 24.3 Å². The summed E-state index contributed by atoms with van der Waals surface area (Å²) in [6.07, 6.45) is 4.41. The Balaban J connectivity index is 1.72. The number of phenols is 1. The molecule has 7 heteroatoms. The Morgan fingerprint density at radius 3 is 2.65 bits per heavy atom. The van der Waals surface area contributed by atoms with E-state index in [1.807, 2.05) is 46.9 Å². The quantitative estimate of drug-likeness (QED) is 0.763. The zero-order chi connectivity index (χ0) is 22.8. The van der Waals surface area contributed by atoms with Gasteiger partial charge in [0, 0.05) is 18.7 Å². The third-order valence-corrected chi connectivity index (χ3v) is 5.85. The van der Waals surface area contributed by atoms with Crippen molar-refractivity contribution < 1.29 is 19.4 Å². The van der Waals surface area contributed by atoms with E-state index >= 15 is 0 Å². The van der Waals surface area contributed by atoms with Crippen LogP contribution in [0.4, 0.5) is 4.79 Å². The number of phenolic OH excluding ortho intramolecular Hbond substituents is 1. The van der Waals surface area contributed by atoms with E-state index in [2.05, 4.69) is 16.3 Å². The summed E-state index contributed by atoms with van der Waals surface area (Å²) >= 11 is 0. The summed E-state index contributed by atoms with van der Waals surface area (Å²) in [6.45, 7) is 9.45. The van der Waals surface area contributed by atoms with Crippen molar-refractivity contribution in [2.45, 2.75) is 64.6 Å². The SMILES string of the molecule is C[C@H](NC(=O)C1CCCN1C)c1cc(C2=CCCN(C(=O)OC(C)(C)C)C2)ccc1O. The van der Waals surface area contributed by atoms with E-state index in [1.165, 1.54) is 0 Å². The number of nitrogens with zero attached hydrogens (tertiary/aromatic N) is 2. The smallest absolute Gasteiger partial charge is 0.410 e. The number of aromatic hydroxyl groups is 1. The largest absolute Gasteiger partial charge is 0.508 e. The Hall–Kier alpha value is -2.54. The normalized spacial score (nSPS) is 20.9. The summed E-state index contributed by atoms with van der Waals surface area (Å²) in [5.41, 5.74) is 2.07. The number of amides is 2. The predicted molar refractivity (Wildman–Crippen MR) is 121 cm³/mol. The van der Waals surface area contributed by atoms with Crippen molar-refractivity contribution in [3.63, 3.8) is 0 Å². The van der Waals surface area contributed by atoms with Crippen molar-refractivity contribution in [3.8, 4) is 5.75 Å². The molecule has 7 nitrogen and oxygen atoms in total. The minimum atomic E-state index is -0.537. The number of likely N-dealkylation sites (N-methyl/N-ethyl adjacent to an activating group) is 1. The average Bonchev–Trinajstić information content (AvgIpc) is 3.13. The molecule has 170 valence electrons. The molecular formula is C24H35N3O4. The molecule has 0 aliphatic carbocycles. The molecule has 1 saturated heterocycles. The predicted octanol–water partition coefficient (Wildman–Crippen LogP) is 3.69. The summed E-state index contributed by atoms with van der Waals surface area (Å²) in [6, 6.07) is 4.97. The van der Waals surface area contributed by atoms with Crippen molar-refractivity contribution in [1.82, 2.24) is 15.1 Å². The number of carbonyl (C=O) groups excluding carboxylic acids is 2. The van der Waals surface area contributed by atoms with Crippen molar-refractivity contribution in [2.75, 3.05) is 26.7 Å². The first-order valence-electron chi connectivity index (χ1n) is 11.1. The topological polar surface area (TPSA) is 82.1 Å². The highest BCUT2D eigenvalue weighted by Crippen LogP contribution is 2.30. The molecule has 0 aromatic heterocycles. The molecule has 1 fully saturated rings. The van der Waals surface area contributed by atoms with Crippen LogP contribution in [0.25, 0.3) is 5.57 Å². The summed E-state index contributed by atoms with van der Waals surface area (Å²) in [7, 11) is 1.96. The van der Waals surface area contributed by atoms with E-state index in [0.29, 0.717) is 18.7 Å². The summed E-state index contributed by atoms with van der Waals surface area (Å²) in [5, 5.41) is 13.5. The maximum absolute atomic E-state index is 12.7. The molecule has 2 N–H and O–H groups in total. The molecule has 2 aliphatic rings. The third-order valence-electron chi connectivity index (χ3n) is 5.85. The second-order valence-electron chi connectivity index (χ2n) is 9.56. The van der Waals surface area contributed by atoms with Crippen molar-refractivity contribution in [2.24, 2.45) is 0 Å². The number of hydrogen-bond donors (Lipinski definition) is 2. The molecule has 2 atom stereocenters. The Morgan fingerprint density at radius 1 is 1.26 bits per heavy atom. The number of nitrogens with one attached hydrogen (secondary N) is 1. The number of ether oxygens (including phenoxy) is 1. The minimum absolute atomic E-state index is 0.00899. The van der Waals surface area contributed by atoms with Gasteiger partial charge in [-0.15, -0.1) is 0 Å². The van der Waals surface area contributed by atoms with Gasteiger partial charge in [0.1, 0.15) is 11.4 Å². The molecule has 2 amide bonds. The van der Waals surface area contributed by atoms with Gasteiger partial charge in [0.2, 0.25) is 5.91 Å². The molecule has 0 saturated carbocycles. The molecule has 0 spiro atoms. The van der Waals surface area contributed by atoms with Gasteiger partial charge >= 0.3 is 6.09 Å². The molecule has 1 aromatic rings. The molecule has 1 unspecified atom stereocenters. The van der Waals surface area contributed by atoms with Crippen molar-refractivity contribution in [1.29, 1.82) is 0 Å². The van der Waals surface area contributed by atoms with Crippen LogP contribution in [0.2, 0.25) is 0 Å². The summed E-state index contributed by atoms with van der Waals surface area (Å²) in [4.78, 5) is 28.9. The van der Waals surface area contributed by atoms with Gasteiger partial charge in [0.05, 0.1) is 12.1 Å². The number of rotatable bonds is 4. The van der Waals surface area contributed by atoms with E-state index in [1.54, 1.807) is 11.0 Å². The molecule has 2 heterocycles. The van der Waals surface area contributed by atoms with Crippen LogP contribution in [0, 0.1) is 0 Å². The molecule has 2 aliphatic heterocycles. The van der Waals surface area contributed by atoms with Crippen molar-refractivity contribution in [3.05, 3.63) is 35.4 Å². The average molecular weight is 430 g/mol. The number of carbonyl (C=O) groups is 2. The van der Waals surface area contributed by atoms with E-state index in [4.69, 9.17) is 4.74 Å². The standard InChI is InChI=1S/C24H35N3O4/c1-16(25-22(29)20-9-7-12-26(20)5)19-14-17(10-11-21(19)28)18-8-6-13-27(15-18)23(30)31-24(2,3)4/h8,10-11,14,16,20,28H,6-7,9,12-13,15H2,1-5H3,(H,25,29)/t16-,20?/m0/s1. The molecule has 31 heavy (non-hydrogen) atoms. The van der Waals surface area contributed by atoms with Gasteiger partial charge in [0.15, 0.2) is 0 Å². The first-order chi connectivity index (χ1) is 14.5. The lowest BCUT2D eigenvalue weighted by atomic mass is 9.96. The highest BCUT2D eigenvalue weighted by atomic mass is 16.6. The fourth-order valence-corrected chi connectivity index (χ4v) is 4.17. The lowest BCUT2D eigenvalue weighted by molar-refractivity contribution is -0.125. The molecule has 0 radical (unpaired) electrons. The first-order valence-corrected chi connectivity index (χ1v) is 11.1. The molecular weight excluding hydrogens is 394 g/mol. The number of likely N-dealkylation sites (tertiary alicyclic amines) is 1. The van der Waals surface area contributed by atoms with E-state index < -0.39 is 5.60 Å². The maximum Gasteiger partial charge on any atom is 0.410 e. The second kappa shape index (κ2) is 9.30. The molecule has 1 aromatic carbocycles. The lowest BCUT2D eigenvalue weighted by Gasteiger charge is -2.30. The van der Waals surface area contributed by atoms with E-state index in [0.717, 1.165) is 36.9 Å². The van der Waals surface area contributed by atoms with Crippen LogP contribution < -0.4 is 5.32 Å². The van der Waals surface area contributed by atoms with Crippen LogP contribution in [0.5, 0.6) is 5.75 Å². The first kappa shape index (κ1) is 23.1. The monoisotopic (exact) mass is 429 g/mol. The van der Waals surface area contributed by atoms with E-state index in [9.17, 15) is 14.7 Å². The Kier molecular flexibility index (Phi) is 6.94. The van der Waals surface area contributed by atoms with Crippen LogP contribution in [-0.2, 0) is 9.53 Å².